The van der Waals surface area contributed by atoms with E-state index in [1.165, 1.54) is 24.3 Å². The van der Waals surface area contributed by atoms with Crippen molar-refractivity contribution in [1.29, 1.82) is 0 Å². The fourth-order valence-corrected chi connectivity index (χ4v) is 3.68. The Kier molecular flexibility index (Phi) is 6.18. The Morgan fingerprint density at radius 3 is 2.36 bits per heavy atom. The summed E-state index contributed by atoms with van der Waals surface area (Å²) in [6.07, 6.45) is 2.41. The van der Waals surface area contributed by atoms with Crippen LogP contribution in [0.5, 0.6) is 0 Å². The number of rotatable bonds is 7. The molecule has 0 fully saturated rings. The van der Waals surface area contributed by atoms with Crippen LogP contribution in [0.2, 0.25) is 0 Å². The molecular weight excluding hydrogens is 374 g/mol. The van der Waals surface area contributed by atoms with E-state index in [4.69, 9.17) is 0 Å². The summed E-state index contributed by atoms with van der Waals surface area (Å²) in [5.74, 6) is -0.286. The number of anilines is 1. The number of carbonyl (C=O) groups excluding carboxylic acids is 1. The Morgan fingerprint density at radius 2 is 1.68 bits per heavy atom. The second kappa shape index (κ2) is 8.77. The summed E-state index contributed by atoms with van der Waals surface area (Å²) < 4.78 is 27.3. The van der Waals surface area contributed by atoms with E-state index in [-0.39, 0.29) is 17.3 Å². The predicted molar refractivity (Wildman–Crippen MR) is 108 cm³/mol. The summed E-state index contributed by atoms with van der Waals surface area (Å²) in [6, 6.07) is 18.7. The zero-order valence-electron chi connectivity index (χ0n) is 15.4. The van der Waals surface area contributed by atoms with Crippen molar-refractivity contribution < 1.29 is 13.2 Å². The molecule has 28 heavy (non-hydrogen) atoms. The molecule has 6 nitrogen and oxygen atoms in total. The molecule has 0 saturated heterocycles. The Labute approximate surface area is 164 Å². The van der Waals surface area contributed by atoms with Crippen molar-refractivity contribution in [3.05, 3.63) is 89.7 Å². The lowest BCUT2D eigenvalue weighted by molar-refractivity contribution is 0.102. The Morgan fingerprint density at radius 1 is 0.964 bits per heavy atom. The molecule has 7 heteroatoms. The maximum Gasteiger partial charge on any atom is 0.255 e. The van der Waals surface area contributed by atoms with Gasteiger partial charge in [-0.25, -0.2) is 13.1 Å². The molecule has 2 N–H and O–H groups in total. The van der Waals surface area contributed by atoms with Crippen LogP contribution >= 0.6 is 0 Å². The van der Waals surface area contributed by atoms with Crippen LogP contribution in [0, 0.1) is 0 Å². The summed E-state index contributed by atoms with van der Waals surface area (Å²) in [4.78, 5) is 16.6. The first-order valence-corrected chi connectivity index (χ1v) is 10.4. The summed E-state index contributed by atoms with van der Waals surface area (Å²) in [5, 5.41) is 2.87. The van der Waals surface area contributed by atoms with Gasteiger partial charge in [0.1, 0.15) is 0 Å². The maximum atomic E-state index is 12.5. The monoisotopic (exact) mass is 395 g/mol. The van der Waals surface area contributed by atoms with Crippen LogP contribution in [0.3, 0.4) is 0 Å². The van der Waals surface area contributed by atoms with Gasteiger partial charge in [0.25, 0.3) is 5.91 Å². The highest BCUT2D eigenvalue weighted by molar-refractivity contribution is 7.89. The lowest BCUT2D eigenvalue weighted by Gasteiger charge is -2.10. The Hall–Kier alpha value is -3.03. The predicted octanol–water partition coefficient (Wildman–Crippen LogP) is 3.37. The van der Waals surface area contributed by atoms with Gasteiger partial charge in [0.05, 0.1) is 17.1 Å². The molecule has 3 aromatic rings. The normalized spacial score (nSPS) is 11.2. The van der Waals surface area contributed by atoms with Gasteiger partial charge in [0.2, 0.25) is 10.0 Å². The van der Waals surface area contributed by atoms with Gasteiger partial charge in [-0.05, 0) is 54.4 Å². The molecule has 0 aliphatic heterocycles. The van der Waals surface area contributed by atoms with Crippen LogP contribution in [-0.2, 0) is 23.0 Å². The molecule has 0 unspecified atom stereocenters. The van der Waals surface area contributed by atoms with Crippen molar-refractivity contribution in [2.24, 2.45) is 0 Å². The molecule has 0 radical (unpaired) electrons. The fourth-order valence-electron chi connectivity index (χ4n) is 2.69. The maximum absolute atomic E-state index is 12.5. The van der Waals surface area contributed by atoms with Crippen molar-refractivity contribution in [3.8, 4) is 0 Å². The molecule has 0 aliphatic carbocycles. The van der Waals surface area contributed by atoms with E-state index < -0.39 is 10.0 Å². The van der Waals surface area contributed by atoms with E-state index in [0.29, 0.717) is 11.3 Å². The van der Waals surface area contributed by atoms with Crippen LogP contribution in [0.15, 0.2) is 77.8 Å². The summed E-state index contributed by atoms with van der Waals surface area (Å²) >= 11 is 0. The van der Waals surface area contributed by atoms with E-state index in [1.807, 2.05) is 31.2 Å². The smallest absolute Gasteiger partial charge is 0.255 e. The average Bonchev–Trinajstić information content (AvgIpc) is 2.73. The van der Waals surface area contributed by atoms with Gasteiger partial charge in [-0.15, -0.1) is 0 Å². The number of sulfonamides is 1. The number of nitrogens with zero attached hydrogens (tertiary/aromatic N) is 1. The third kappa shape index (κ3) is 4.82. The fraction of sp³-hybridized carbons (Fsp3) is 0.143. The molecule has 144 valence electrons. The van der Waals surface area contributed by atoms with Crippen molar-refractivity contribution in [1.82, 2.24) is 9.71 Å². The lowest BCUT2D eigenvalue weighted by Crippen LogP contribution is -2.23. The molecule has 0 spiro atoms. The topological polar surface area (TPSA) is 88.2 Å². The summed E-state index contributed by atoms with van der Waals surface area (Å²) in [7, 11) is -3.69. The number of nitrogens with one attached hydrogen (secondary N) is 2. The van der Waals surface area contributed by atoms with Crippen LogP contribution in [0.25, 0.3) is 0 Å². The molecule has 1 aromatic heterocycles. The molecule has 1 heterocycles. The number of pyridine rings is 1. The number of aromatic nitrogens is 1. The molecule has 0 aliphatic rings. The zero-order chi connectivity index (χ0) is 20.0. The molecule has 0 saturated carbocycles. The van der Waals surface area contributed by atoms with Crippen molar-refractivity contribution in [3.63, 3.8) is 0 Å². The first-order chi connectivity index (χ1) is 13.5. The van der Waals surface area contributed by atoms with E-state index in [1.54, 1.807) is 24.4 Å². The van der Waals surface area contributed by atoms with Crippen LogP contribution in [-0.4, -0.2) is 19.3 Å². The highest BCUT2D eigenvalue weighted by atomic mass is 32.2. The molecule has 1 amide bonds. The number of hydrogen-bond acceptors (Lipinski definition) is 4. The third-order valence-corrected chi connectivity index (χ3v) is 5.66. The standard InChI is InChI=1S/C21H21N3O3S/c1-2-16-7-3-4-9-20(16)24-21(25)17-10-12-19(13-11-17)28(26,27)23-15-18-8-5-6-14-22-18/h3-14,23H,2,15H2,1H3,(H,24,25). The number of carbonyl (C=O) groups is 1. The number of para-hydroxylation sites is 1. The lowest BCUT2D eigenvalue weighted by atomic mass is 10.1. The first-order valence-electron chi connectivity index (χ1n) is 8.88. The van der Waals surface area contributed by atoms with E-state index in [0.717, 1.165) is 17.7 Å². The van der Waals surface area contributed by atoms with Crippen LogP contribution < -0.4 is 10.0 Å². The van der Waals surface area contributed by atoms with Gasteiger partial charge in [-0.1, -0.05) is 31.2 Å². The van der Waals surface area contributed by atoms with Crippen molar-refractivity contribution in [2.45, 2.75) is 24.8 Å². The quantitative estimate of drug-likeness (QED) is 0.642. The zero-order valence-corrected chi connectivity index (χ0v) is 16.2. The SMILES string of the molecule is CCc1ccccc1NC(=O)c1ccc(S(=O)(=O)NCc2ccccn2)cc1. The molecule has 3 rings (SSSR count). The summed E-state index contributed by atoms with van der Waals surface area (Å²) in [6.45, 7) is 2.11. The van der Waals surface area contributed by atoms with Gasteiger partial charge in [-0.2, -0.15) is 0 Å². The van der Waals surface area contributed by atoms with Crippen molar-refractivity contribution >= 4 is 21.6 Å². The van der Waals surface area contributed by atoms with Gasteiger partial charge in [0, 0.05) is 17.4 Å². The molecule has 0 bridgehead atoms. The highest BCUT2D eigenvalue weighted by Gasteiger charge is 2.15. The number of amides is 1. The van der Waals surface area contributed by atoms with Gasteiger partial charge in [0.15, 0.2) is 0 Å². The summed E-state index contributed by atoms with van der Waals surface area (Å²) in [5.41, 5.74) is 2.80. The van der Waals surface area contributed by atoms with E-state index >= 15 is 0 Å². The van der Waals surface area contributed by atoms with Crippen LogP contribution in [0.4, 0.5) is 5.69 Å². The van der Waals surface area contributed by atoms with Crippen molar-refractivity contribution in [2.75, 3.05) is 5.32 Å². The highest BCUT2D eigenvalue weighted by Crippen LogP contribution is 2.17. The second-order valence-electron chi connectivity index (χ2n) is 6.13. The van der Waals surface area contributed by atoms with Gasteiger partial charge < -0.3 is 5.32 Å². The number of benzene rings is 2. The number of aryl methyl sites for hydroxylation is 1. The molecule has 0 atom stereocenters. The molecular formula is C21H21N3O3S. The minimum atomic E-state index is -3.69. The van der Waals surface area contributed by atoms with Gasteiger partial charge >= 0.3 is 0 Å². The van der Waals surface area contributed by atoms with Crippen LogP contribution in [0.1, 0.15) is 28.5 Å². The first kappa shape index (κ1) is 19.7. The second-order valence-corrected chi connectivity index (χ2v) is 7.90. The molecule has 2 aromatic carbocycles. The van der Waals surface area contributed by atoms with Gasteiger partial charge in [-0.3, -0.25) is 9.78 Å². The van der Waals surface area contributed by atoms with E-state index in [2.05, 4.69) is 15.0 Å². The third-order valence-electron chi connectivity index (χ3n) is 4.24. The largest absolute Gasteiger partial charge is 0.322 e. The Balaban J connectivity index is 1.69. The number of hydrogen-bond donors (Lipinski definition) is 2. The minimum Gasteiger partial charge on any atom is -0.322 e. The Bertz CT molecular complexity index is 1050. The minimum absolute atomic E-state index is 0.0916. The average molecular weight is 395 g/mol. The van der Waals surface area contributed by atoms with E-state index in [9.17, 15) is 13.2 Å².